The quantitative estimate of drug-likeness (QED) is 0.906. The third-order valence-corrected chi connectivity index (χ3v) is 3.03. The number of nitrogen functional groups attached to an aromatic ring is 1. The maximum atomic E-state index is 12.2. The van der Waals surface area contributed by atoms with Crippen molar-refractivity contribution >= 4 is 11.7 Å². The lowest BCUT2D eigenvalue weighted by Gasteiger charge is -2.19. The Morgan fingerprint density at radius 3 is 2.67 bits per heavy atom. The minimum Gasteiger partial charge on any atom is -0.384 e. The molecule has 3 N–H and O–H groups in total. The molecule has 2 aromatic heterocycles. The molecule has 0 atom stereocenters. The Kier molecular flexibility index (Phi) is 4.21. The fourth-order valence-electron chi connectivity index (χ4n) is 1.84. The second kappa shape index (κ2) is 5.91. The molecule has 0 aromatic carbocycles. The molecule has 0 aliphatic rings. The number of anilines is 1. The molecule has 0 bridgehead atoms. The van der Waals surface area contributed by atoms with Gasteiger partial charge < -0.3 is 11.1 Å². The van der Waals surface area contributed by atoms with Gasteiger partial charge in [-0.05, 0) is 24.3 Å². The highest BCUT2D eigenvalue weighted by Crippen LogP contribution is 2.22. The Bertz CT molecular complexity index is 632. The topological polar surface area (TPSA) is 80.9 Å². The number of nitrogens with one attached hydrogen (secondary N) is 1. The van der Waals surface area contributed by atoms with Gasteiger partial charge in [0.1, 0.15) is 5.82 Å². The molecule has 0 aliphatic heterocycles. The number of hydrogen-bond acceptors (Lipinski definition) is 4. The molecule has 21 heavy (non-hydrogen) atoms. The zero-order valence-electron chi connectivity index (χ0n) is 12.6. The summed E-state index contributed by atoms with van der Waals surface area (Å²) >= 11 is 0. The largest absolute Gasteiger partial charge is 0.384 e. The summed E-state index contributed by atoms with van der Waals surface area (Å²) in [6.45, 7) is 6.48. The third-order valence-electron chi connectivity index (χ3n) is 3.03. The first-order valence-electron chi connectivity index (χ1n) is 6.82. The van der Waals surface area contributed by atoms with Gasteiger partial charge in [0.2, 0.25) is 0 Å². The molecule has 0 aliphatic carbocycles. The monoisotopic (exact) mass is 284 g/mol. The van der Waals surface area contributed by atoms with Gasteiger partial charge in [0, 0.05) is 22.9 Å². The first kappa shape index (κ1) is 15.0. The third kappa shape index (κ3) is 4.02. The fourth-order valence-corrected chi connectivity index (χ4v) is 1.84. The molecule has 2 heterocycles. The van der Waals surface area contributed by atoms with E-state index in [1.54, 1.807) is 18.3 Å². The Morgan fingerprint density at radius 2 is 2.05 bits per heavy atom. The van der Waals surface area contributed by atoms with Crippen LogP contribution in [0, 0.1) is 0 Å². The Labute approximate surface area is 124 Å². The van der Waals surface area contributed by atoms with E-state index in [1.165, 1.54) is 0 Å². The maximum Gasteiger partial charge on any atom is 0.251 e. The van der Waals surface area contributed by atoms with E-state index < -0.39 is 0 Å². The van der Waals surface area contributed by atoms with Crippen LogP contribution in [0.4, 0.5) is 5.82 Å². The van der Waals surface area contributed by atoms with E-state index in [9.17, 15) is 4.79 Å². The second-order valence-electron chi connectivity index (χ2n) is 5.92. The number of hydrogen-bond donors (Lipinski definition) is 2. The summed E-state index contributed by atoms with van der Waals surface area (Å²) in [6.07, 6.45) is 1.70. The molecule has 5 nitrogen and oxygen atoms in total. The van der Waals surface area contributed by atoms with Crippen molar-refractivity contribution in [2.45, 2.75) is 32.7 Å². The van der Waals surface area contributed by atoms with Gasteiger partial charge in [-0.25, -0.2) is 4.98 Å². The van der Waals surface area contributed by atoms with Gasteiger partial charge in [0.05, 0.1) is 12.2 Å². The fraction of sp³-hybridized carbons (Fsp3) is 0.312. The summed E-state index contributed by atoms with van der Waals surface area (Å²) < 4.78 is 0. The van der Waals surface area contributed by atoms with Gasteiger partial charge >= 0.3 is 0 Å². The van der Waals surface area contributed by atoms with E-state index in [0.717, 1.165) is 11.4 Å². The molecule has 2 aromatic rings. The highest BCUT2D eigenvalue weighted by molar-refractivity contribution is 5.94. The number of rotatable bonds is 3. The van der Waals surface area contributed by atoms with Crippen LogP contribution in [0.25, 0.3) is 0 Å². The summed E-state index contributed by atoms with van der Waals surface area (Å²) in [5.74, 6) is 0.172. The van der Waals surface area contributed by atoms with Gasteiger partial charge in [-0.3, -0.25) is 9.78 Å². The SMILES string of the molecule is CC(C)(C)c1cc(C(=O)NCc2ccccn2)cc(N)n1. The molecule has 0 saturated heterocycles. The van der Waals surface area contributed by atoms with Crippen LogP contribution in [0.1, 0.15) is 42.5 Å². The predicted molar refractivity (Wildman–Crippen MR) is 82.8 cm³/mol. The average Bonchev–Trinajstić information content (AvgIpc) is 2.44. The van der Waals surface area contributed by atoms with E-state index in [0.29, 0.717) is 17.9 Å². The van der Waals surface area contributed by atoms with Gasteiger partial charge in [-0.2, -0.15) is 0 Å². The Balaban J connectivity index is 2.14. The highest BCUT2D eigenvalue weighted by Gasteiger charge is 2.18. The number of aromatic nitrogens is 2. The molecular formula is C16H20N4O. The van der Waals surface area contributed by atoms with Crippen LogP contribution in [-0.2, 0) is 12.0 Å². The van der Waals surface area contributed by atoms with E-state index in [-0.39, 0.29) is 11.3 Å². The van der Waals surface area contributed by atoms with Crippen molar-refractivity contribution in [3.63, 3.8) is 0 Å². The van der Waals surface area contributed by atoms with Crippen molar-refractivity contribution in [2.75, 3.05) is 5.73 Å². The normalized spacial score (nSPS) is 11.2. The minimum absolute atomic E-state index is 0.161. The van der Waals surface area contributed by atoms with Crippen LogP contribution < -0.4 is 11.1 Å². The van der Waals surface area contributed by atoms with E-state index in [4.69, 9.17) is 5.73 Å². The van der Waals surface area contributed by atoms with Crippen molar-refractivity contribution in [1.82, 2.24) is 15.3 Å². The first-order valence-corrected chi connectivity index (χ1v) is 6.82. The Hall–Kier alpha value is -2.43. The molecule has 0 radical (unpaired) electrons. The molecule has 0 unspecified atom stereocenters. The average molecular weight is 284 g/mol. The van der Waals surface area contributed by atoms with Crippen LogP contribution in [0.5, 0.6) is 0 Å². The summed E-state index contributed by atoms with van der Waals surface area (Å²) in [4.78, 5) is 20.7. The van der Waals surface area contributed by atoms with Crippen molar-refractivity contribution < 1.29 is 4.79 Å². The van der Waals surface area contributed by atoms with Crippen LogP contribution in [0.2, 0.25) is 0 Å². The number of nitrogens with two attached hydrogens (primary N) is 1. The molecule has 110 valence electrons. The Morgan fingerprint density at radius 1 is 1.29 bits per heavy atom. The summed E-state index contributed by atoms with van der Waals surface area (Å²) in [7, 11) is 0. The number of carbonyl (C=O) groups excluding carboxylic acids is 1. The molecule has 1 amide bonds. The molecule has 0 saturated carbocycles. The van der Waals surface area contributed by atoms with Crippen LogP contribution in [-0.4, -0.2) is 15.9 Å². The maximum absolute atomic E-state index is 12.2. The van der Waals surface area contributed by atoms with E-state index in [1.807, 2.05) is 39.0 Å². The lowest BCUT2D eigenvalue weighted by Crippen LogP contribution is -2.25. The zero-order chi connectivity index (χ0) is 15.5. The molecule has 0 fully saturated rings. The summed E-state index contributed by atoms with van der Waals surface area (Å²) in [6, 6.07) is 8.95. The highest BCUT2D eigenvalue weighted by atomic mass is 16.1. The van der Waals surface area contributed by atoms with E-state index in [2.05, 4.69) is 15.3 Å². The van der Waals surface area contributed by atoms with Crippen LogP contribution >= 0.6 is 0 Å². The van der Waals surface area contributed by atoms with Crippen molar-refractivity contribution in [3.8, 4) is 0 Å². The van der Waals surface area contributed by atoms with Gasteiger partial charge in [0.15, 0.2) is 0 Å². The van der Waals surface area contributed by atoms with Gasteiger partial charge in [-0.15, -0.1) is 0 Å². The number of carbonyl (C=O) groups is 1. The number of pyridine rings is 2. The second-order valence-corrected chi connectivity index (χ2v) is 5.92. The molecule has 5 heteroatoms. The van der Waals surface area contributed by atoms with Crippen molar-refractivity contribution in [2.24, 2.45) is 0 Å². The smallest absolute Gasteiger partial charge is 0.251 e. The zero-order valence-corrected chi connectivity index (χ0v) is 12.6. The van der Waals surface area contributed by atoms with Gasteiger partial charge in [-0.1, -0.05) is 26.8 Å². The molecular weight excluding hydrogens is 264 g/mol. The lowest BCUT2D eigenvalue weighted by molar-refractivity contribution is 0.0950. The van der Waals surface area contributed by atoms with Crippen LogP contribution in [0.15, 0.2) is 36.5 Å². The van der Waals surface area contributed by atoms with Gasteiger partial charge in [0.25, 0.3) is 5.91 Å². The van der Waals surface area contributed by atoms with Crippen molar-refractivity contribution in [1.29, 1.82) is 0 Å². The summed E-state index contributed by atoms with van der Waals surface area (Å²) in [5.41, 5.74) is 7.76. The van der Waals surface area contributed by atoms with Crippen molar-refractivity contribution in [3.05, 3.63) is 53.5 Å². The number of amides is 1. The number of nitrogens with zero attached hydrogens (tertiary/aromatic N) is 2. The lowest BCUT2D eigenvalue weighted by atomic mass is 9.90. The molecule has 0 spiro atoms. The van der Waals surface area contributed by atoms with Crippen LogP contribution in [0.3, 0.4) is 0 Å². The minimum atomic E-state index is -0.180. The summed E-state index contributed by atoms with van der Waals surface area (Å²) in [5, 5.41) is 2.84. The standard InChI is InChI=1S/C16H20N4O/c1-16(2,3)13-8-11(9-14(17)20-13)15(21)19-10-12-6-4-5-7-18-12/h4-9H,10H2,1-3H3,(H2,17,20)(H,19,21). The predicted octanol–water partition coefficient (Wildman–Crippen LogP) is 2.29. The molecule has 2 rings (SSSR count). The van der Waals surface area contributed by atoms with E-state index >= 15 is 0 Å². The first-order chi connectivity index (χ1) is 9.86.